The van der Waals surface area contributed by atoms with Crippen molar-refractivity contribution in [1.82, 2.24) is 10.2 Å². The third kappa shape index (κ3) is 6.42. The number of halogens is 1. The molecule has 3 aromatic carbocycles. The van der Waals surface area contributed by atoms with Crippen LogP contribution in [0.25, 0.3) is 0 Å². The molecule has 2 atom stereocenters. The lowest BCUT2D eigenvalue weighted by molar-refractivity contribution is -0.128. The van der Waals surface area contributed by atoms with Gasteiger partial charge in [0.15, 0.2) is 0 Å². The summed E-state index contributed by atoms with van der Waals surface area (Å²) in [5.41, 5.74) is 3.68. The molecule has 4 rings (SSSR count). The number of hydrogen-bond donors (Lipinski definition) is 1. The highest BCUT2D eigenvalue weighted by atomic mass is 35.5. The first-order valence-electron chi connectivity index (χ1n) is 12.0. The molecule has 1 fully saturated rings. The number of nitrogens with one attached hydrogen (secondary N) is 1. The Balaban J connectivity index is 1.46. The lowest BCUT2D eigenvalue weighted by Gasteiger charge is -2.25. The van der Waals surface area contributed by atoms with Gasteiger partial charge >= 0.3 is 0 Å². The molecular formula is C29H31ClN2O3S. The minimum atomic E-state index is -0.115. The molecule has 1 saturated heterocycles. The molecule has 0 radical (unpaired) electrons. The van der Waals surface area contributed by atoms with E-state index in [1.807, 2.05) is 77.7 Å². The number of carbonyl (C=O) groups excluding carboxylic acids is 2. The second kappa shape index (κ2) is 11.8. The highest BCUT2D eigenvalue weighted by molar-refractivity contribution is 8.00. The molecule has 7 heteroatoms. The molecule has 2 amide bonds. The number of rotatable bonds is 9. The lowest BCUT2D eigenvalue weighted by atomic mass is 9.96. The molecule has 5 nitrogen and oxygen atoms in total. The summed E-state index contributed by atoms with van der Waals surface area (Å²) in [5, 5.41) is 3.79. The van der Waals surface area contributed by atoms with Crippen LogP contribution in [0.15, 0.2) is 72.8 Å². The zero-order chi connectivity index (χ0) is 25.7. The van der Waals surface area contributed by atoms with E-state index in [0.29, 0.717) is 28.8 Å². The monoisotopic (exact) mass is 522 g/mol. The first kappa shape index (κ1) is 26.1. The second-order valence-corrected chi connectivity index (χ2v) is 10.9. The van der Waals surface area contributed by atoms with E-state index >= 15 is 0 Å². The Hall–Kier alpha value is -2.96. The van der Waals surface area contributed by atoms with Crippen molar-refractivity contribution in [3.05, 3.63) is 100 Å². The van der Waals surface area contributed by atoms with E-state index < -0.39 is 0 Å². The van der Waals surface area contributed by atoms with E-state index in [0.717, 1.165) is 28.9 Å². The first-order valence-corrected chi connectivity index (χ1v) is 13.5. The number of thioether (sulfide) groups is 1. The molecular weight excluding hydrogens is 492 g/mol. The number of nitrogens with zero attached hydrogens (tertiary/aromatic N) is 1. The minimum Gasteiger partial charge on any atom is -0.497 e. The number of carbonyl (C=O) groups is 2. The van der Waals surface area contributed by atoms with Crippen molar-refractivity contribution in [1.29, 1.82) is 0 Å². The van der Waals surface area contributed by atoms with Crippen LogP contribution in [0.5, 0.6) is 5.75 Å². The van der Waals surface area contributed by atoms with Crippen molar-refractivity contribution in [3.63, 3.8) is 0 Å². The van der Waals surface area contributed by atoms with Gasteiger partial charge in [-0.2, -0.15) is 0 Å². The van der Waals surface area contributed by atoms with Crippen molar-refractivity contribution in [3.8, 4) is 5.75 Å². The summed E-state index contributed by atoms with van der Waals surface area (Å²) in [4.78, 5) is 27.6. The van der Waals surface area contributed by atoms with E-state index in [-0.39, 0.29) is 23.2 Å². The molecule has 188 valence electrons. The van der Waals surface area contributed by atoms with Gasteiger partial charge in [0.25, 0.3) is 5.91 Å². The molecule has 1 aliphatic heterocycles. The average molecular weight is 523 g/mol. The van der Waals surface area contributed by atoms with Gasteiger partial charge in [0.2, 0.25) is 5.91 Å². The largest absolute Gasteiger partial charge is 0.497 e. The van der Waals surface area contributed by atoms with Gasteiger partial charge in [-0.05, 0) is 65.4 Å². The smallest absolute Gasteiger partial charge is 0.251 e. The summed E-state index contributed by atoms with van der Waals surface area (Å²) in [6.45, 7) is 4.82. The normalized spacial score (nSPS) is 16.3. The first-order chi connectivity index (χ1) is 17.3. The quantitative estimate of drug-likeness (QED) is 0.342. The Morgan fingerprint density at radius 1 is 1.06 bits per heavy atom. The van der Waals surface area contributed by atoms with Gasteiger partial charge in [-0.25, -0.2) is 0 Å². The van der Waals surface area contributed by atoms with Gasteiger partial charge in [-0.1, -0.05) is 61.8 Å². The van der Waals surface area contributed by atoms with E-state index in [1.165, 1.54) is 0 Å². The van der Waals surface area contributed by atoms with Crippen molar-refractivity contribution in [2.75, 3.05) is 12.9 Å². The van der Waals surface area contributed by atoms with Crippen LogP contribution in [0.1, 0.15) is 58.7 Å². The van der Waals surface area contributed by atoms with E-state index in [4.69, 9.17) is 16.3 Å². The van der Waals surface area contributed by atoms with Crippen LogP contribution < -0.4 is 10.1 Å². The SMILES string of the molecule is COc1ccc([C@H](CC(C)C)NC(=O)c2ccc([C@@H]3SCC(=O)N3Cc3ccc(Cl)cc3)cc2)cc1. The fourth-order valence-corrected chi connectivity index (χ4v) is 5.63. The van der Waals surface area contributed by atoms with Crippen LogP contribution >= 0.6 is 23.4 Å². The van der Waals surface area contributed by atoms with Crippen LogP contribution in [0.4, 0.5) is 0 Å². The summed E-state index contributed by atoms with van der Waals surface area (Å²) < 4.78 is 5.27. The molecule has 0 bridgehead atoms. The zero-order valence-electron chi connectivity index (χ0n) is 20.7. The molecule has 1 N–H and O–H groups in total. The second-order valence-electron chi connectivity index (χ2n) is 9.36. The third-order valence-electron chi connectivity index (χ3n) is 6.22. The van der Waals surface area contributed by atoms with Gasteiger partial charge in [0.1, 0.15) is 11.1 Å². The maximum Gasteiger partial charge on any atom is 0.251 e. The molecule has 1 aliphatic rings. The predicted octanol–water partition coefficient (Wildman–Crippen LogP) is 6.64. The number of amides is 2. The number of ether oxygens (including phenoxy) is 1. The van der Waals surface area contributed by atoms with Crippen LogP contribution in [-0.2, 0) is 11.3 Å². The molecule has 3 aromatic rings. The van der Waals surface area contributed by atoms with Crippen LogP contribution in [0.2, 0.25) is 5.02 Å². The molecule has 36 heavy (non-hydrogen) atoms. The molecule has 1 heterocycles. The Morgan fingerprint density at radius 3 is 2.33 bits per heavy atom. The highest BCUT2D eigenvalue weighted by Crippen LogP contribution is 2.39. The number of methoxy groups -OCH3 is 1. The maximum atomic E-state index is 13.1. The standard InChI is InChI=1S/C29H31ClN2O3S/c1-19(2)16-26(21-10-14-25(35-3)15-11-21)31-28(34)22-6-8-23(9-7-22)29-32(27(33)18-36-29)17-20-4-12-24(30)13-5-20/h4-15,19,26,29H,16-18H2,1-3H3,(H,31,34)/t26-,29-/m0/s1. The molecule has 0 aromatic heterocycles. The fraction of sp³-hybridized carbons (Fsp3) is 0.310. The molecule has 0 unspecified atom stereocenters. The summed E-state index contributed by atoms with van der Waals surface area (Å²) in [6.07, 6.45) is 0.830. The van der Waals surface area contributed by atoms with Crippen molar-refractivity contribution >= 4 is 35.2 Å². The Morgan fingerprint density at radius 2 is 1.72 bits per heavy atom. The Kier molecular flexibility index (Phi) is 8.60. The van der Waals surface area contributed by atoms with E-state index in [1.54, 1.807) is 18.9 Å². The number of benzene rings is 3. The predicted molar refractivity (Wildman–Crippen MR) is 146 cm³/mol. The maximum absolute atomic E-state index is 13.1. The van der Waals surface area contributed by atoms with Gasteiger partial charge in [-0.3, -0.25) is 9.59 Å². The third-order valence-corrected chi connectivity index (χ3v) is 7.73. The molecule has 0 spiro atoms. The van der Waals surface area contributed by atoms with Crippen molar-refractivity contribution < 1.29 is 14.3 Å². The summed E-state index contributed by atoms with van der Waals surface area (Å²) in [6, 6.07) is 22.9. The Bertz CT molecular complexity index is 1180. The topological polar surface area (TPSA) is 58.6 Å². The number of hydrogen-bond acceptors (Lipinski definition) is 4. The van der Waals surface area contributed by atoms with Crippen molar-refractivity contribution in [2.45, 2.75) is 38.2 Å². The van der Waals surface area contributed by atoms with Crippen molar-refractivity contribution in [2.24, 2.45) is 5.92 Å². The lowest BCUT2D eigenvalue weighted by Crippen LogP contribution is -2.30. The van der Waals surface area contributed by atoms with Crippen LogP contribution in [0, 0.1) is 5.92 Å². The summed E-state index contributed by atoms with van der Waals surface area (Å²) in [7, 11) is 1.64. The van der Waals surface area contributed by atoms with Gasteiger partial charge in [0, 0.05) is 17.1 Å². The average Bonchev–Trinajstić information content (AvgIpc) is 3.24. The summed E-state index contributed by atoms with van der Waals surface area (Å²) >= 11 is 7.61. The van der Waals surface area contributed by atoms with E-state index in [2.05, 4.69) is 19.2 Å². The zero-order valence-corrected chi connectivity index (χ0v) is 22.3. The van der Waals surface area contributed by atoms with Crippen LogP contribution in [0.3, 0.4) is 0 Å². The van der Waals surface area contributed by atoms with Crippen LogP contribution in [-0.4, -0.2) is 29.6 Å². The fourth-order valence-electron chi connectivity index (χ4n) is 4.31. The van der Waals surface area contributed by atoms with Gasteiger partial charge in [0.05, 0.1) is 18.9 Å². The van der Waals surface area contributed by atoms with E-state index in [9.17, 15) is 9.59 Å². The van der Waals surface area contributed by atoms with Gasteiger partial charge < -0.3 is 15.0 Å². The highest BCUT2D eigenvalue weighted by Gasteiger charge is 2.32. The molecule has 0 saturated carbocycles. The molecule has 0 aliphatic carbocycles. The Labute approximate surface area is 222 Å². The van der Waals surface area contributed by atoms with Gasteiger partial charge in [-0.15, -0.1) is 11.8 Å². The minimum absolute atomic E-state index is 0.0849. The summed E-state index contributed by atoms with van der Waals surface area (Å²) in [5.74, 6) is 1.65.